The van der Waals surface area contributed by atoms with Crippen LogP contribution in [0.2, 0.25) is 0 Å². The standard InChI is InChI=1S/C48H31NS2/c1-3-14-32(15-4-1)36-18-7-10-22-42(36)49(35-28-26-34(27-29-35)37-21-13-25-45-46(37)41-20-9-12-24-44(41)50-45)47-38(33-16-5-2-6-17-33)30-31-40-39-19-8-11-23-43(39)51-48(40)47/h1-31H. The lowest BCUT2D eigenvalue weighted by Crippen LogP contribution is -2.12. The van der Waals surface area contributed by atoms with E-state index in [1.54, 1.807) is 0 Å². The van der Waals surface area contributed by atoms with Gasteiger partial charge in [0.2, 0.25) is 0 Å². The number of para-hydroxylation sites is 1. The number of hydrogen-bond donors (Lipinski definition) is 0. The number of fused-ring (bicyclic) bond motifs is 6. The van der Waals surface area contributed by atoms with E-state index < -0.39 is 0 Å². The third-order valence-electron chi connectivity index (χ3n) is 9.90. The predicted octanol–water partition coefficient (Wildman–Crippen LogP) is 14.9. The highest BCUT2D eigenvalue weighted by atomic mass is 32.1. The summed E-state index contributed by atoms with van der Waals surface area (Å²) in [4.78, 5) is 2.51. The molecule has 240 valence electrons. The zero-order valence-electron chi connectivity index (χ0n) is 27.7. The van der Waals surface area contributed by atoms with E-state index in [0.717, 1.165) is 11.4 Å². The first-order valence-electron chi connectivity index (χ1n) is 17.3. The van der Waals surface area contributed by atoms with E-state index in [-0.39, 0.29) is 0 Å². The van der Waals surface area contributed by atoms with Gasteiger partial charge in [-0.05, 0) is 58.7 Å². The summed E-state index contributed by atoms with van der Waals surface area (Å²) in [6.07, 6.45) is 0. The third-order valence-corrected chi connectivity index (χ3v) is 12.2. The van der Waals surface area contributed by atoms with Gasteiger partial charge in [-0.1, -0.05) is 152 Å². The minimum Gasteiger partial charge on any atom is -0.308 e. The molecular formula is C48H31NS2. The smallest absolute Gasteiger partial charge is 0.0718 e. The van der Waals surface area contributed by atoms with Crippen LogP contribution in [-0.2, 0) is 0 Å². The molecule has 0 aliphatic carbocycles. The molecule has 0 spiro atoms. The second kappa shape index (κ2) is 12.4. The number of benzene rings is 8. The molecule has 0 radical (unpaired) electrons. The summed E-state index contributed by atoms with van der Waals surface area (Å²) in [7, 11) is 0. The minimum atomic E-state index is 1.12. The first-order valence-corrected chi connectivity index (χ1v) is 18.9. The highest BCUT2D eigenvalue weighted by Gasteiger charge is 2.25. The number of thiophene rings is 2. The van der Waals surface area contributed by atoms with Crippen molar-refractivity contribution in [1.82, 2.24) is 0 Å². The van der Waals surface area contributed by atoms with Crippen LogP contribution in [-0.4, -0.2) is 0 Å². The quantitative estimate of drug-likeness (QED) is 0.168. The fourth-order valence-electron chi connectivity index (χ4n) is 7.57. The number of hydrogen-bond acceptors (Lipinski definition) is 3. The van der Waals surface area contributed by atoms with Gasteiger partial charge in [-0.25, -0.2) is 0 Å². The Morgan fingerprint density at radius 2 is 0.902 bits per heavy atom. The highest BCUT2D eigenvalue weighted by molar-refractivity contribution is 7.26. The maximum absolute atomic E-state index is 2.51. The molecule has 1 nitrogen and oxygen atoms in total. The molecule has 2 aromatic heterocycles. The van der Waals surface area contributed by atoms with E-state index >= 15 is 0 Å². The largest absolute Gasteiger partial charge is 0.308 e. The van der Waals surface area contributed by atoms with Gasteiger partial charge in [-0.2, -0.15) is 0 Å². The van der Waals surface area contributed by atoms with E-state index in [9.17, 15) is 0 Å². The molecule has 0 saturated carbocycles. The van der Waals surface area contributed by atoms with Crippen LogP contribution in [0.25, 0.3) is 73.7 Å². The van der Waals surface area contributed by atoms with Gasteiger partial charge in [-0.3, -0.25) is 0 Å². The van der Waals surface area contributed by atoms with E-state index in [1.807, 2.05) is 22.7 Å². The van der Waals surface area contributed by atoms with Crippen molar-refractivity contribution in [2.24, 2.45) is 0 Å². The summed E-state index contributed by atoms with van der Waals surface area (Å²) < 4.78 is 5.21. The minimum absolute atomic E-state index is 1.12. The SMILES string of the molecule is c1ccc(-c2ccccc2N(c2ccc(-c3cccc4sc5ccccc5c34)cc2)c2c(-c3ccccc3)ccc3c2sc2ccccc23)cc1. The maximum Gasteiger partial charge on any atom is 0.0718 e. The fraction of sp³-hybridized carbons (Fsp3) is 0. The Morgan fingerprint density at radius 1 is 0.333 bits per heavy atom. The first-order chi connectivity index (χ1) is 25.3. The molecule has 0 N–H and O–H groups in total. The average molecular weight is 686 g/mol. The fourth-order valence-corrected chi connectivity index (χ4v) is 9.94. The van der Waals surface area contributed by atoms with E-state index in [1.165, 1.54) is 79.4 Å². The number of nitrogens with zero attached hydrogens (tertiary/aromatic N) is 1. The van der Waals surface area contributed by atoms with Crippen molar-refractivity contribution in [1.29, 1.82) is 0 Å². The van der Waals surface area contributed by atoms with Crippen LogP contribution in [0.15, 0.2) is 188 Å². The van der Waals surface area contributed by atoms with Crippen molar-refractivity contribution in [3.05, 3.63) is 188 Å². The Labute approximate surface area is 304 Å². The van der Waals surface area contributed by atoms with Gasteiger partial charge in [0.15, 0.2) is 0 Å². The molecule has 0 atom stereocenters. The molecule has 0 saturated heterocycles. The highest BCUT2D eigenvalue weighted by Crippen LogP contribution is 2.51. The normalized spacial score (nSPS) is 11.5. The molecule has 8 aromatic carbocycles. The lowest BCUT2D eigenvalue weighted by atomic mass is 9.96. The average Bonchev–Trinajstić information content (AvgIpc) is 3.78. The van der Waals surface area contributed by atoms with E-state index in [2.05, 4.69) is 193 Å². The Balaban J connectivity index is 1.25. The van der Waals surface area contributed by atoms with E-state index in [0.29, 0.717) is 0 Å². The molecule has 0 aliphatic rings. The second-order valence-corrected chi connectivity index (χ2v) is 15.0. The lowest BCUT2D eigenvalue weighted by molar-refractivity contribution is 1.30. The molecular weight excluding hydrogens is 655 g/mol. The van der Waals surface area contributed by atoms with Gasteiger partial charge in [0.1, 0.15) is 0 Å². The Bertz CT molecular complexity index is 2850. The van der Waals surface area contributed by atoms with Crippen molar-refractivity contribution < 1.29 is 0 Å². The molecule has 10 rings (SSSR count). The molecule has 0 fully saturated rings. The van der Waals surface area contributed by atoms with Crippen molar-refractivity contribution in [2.45, 2.75) is 0 Å². The summed E-state index contributed by atoms with van der Waals surface area (Å²) >= 11 is 3.75. The molecule has 51 heavy (non-hydrogen) atoms. The summed E-state index contributed by atoms with van der Waals surface area (Å²) in [5.41, 5.74) is 10.7. The number of rotatable bonds is 6. The summed E-state index contributed by atoms with van der Waals surface area (Å²) in [6, 6.07) is 68.6. The van der Waals surface area contributed by atoms with Crippen molar-refractivity contribution >= 4 is 80.1 Å². The topological polar surface area (TPSA) is 3.24 Å². The predicted molar refractivity (Wildman–Crippen MR) is 223 cm³/mol. The summed E-state index contributed by atoms with van der Waals surface area (Å²) in [6.45, 7) is 0. The molecule has 0 bridgehead atoms. The Hall–Kier alpha value is -6.00. The third kappa shape index (κ3) is 5.05. The first kappa shape index (κ1) is 29.9. The molecule has 10 aromatic rings. The van der Waals surface area contributed by atoms with Gasteiger partial charge >= 0.3 is 0 Å². The zero-order valence-corrected chi connectivity index (χ0v) is 29.3. The van der Waals surface area contributed by atoms with E-state index in [4.69, 9.17) is 0 Å². The zero-order chi connectivity index (χ0) is 33.7. The van der Waals surface area contributed by atoms with Gasteiger partial charge in [0.05, 0.1) is 16.1 Å². The van der Waals surface area contributed by atoms with Crippen LogP contribution >= 0.6 is 22.7 Å². The van der Waals surface area contributed by atoms with Crippen LogP contribution in [0.3, 0.4) is 0 Å². The van der Waals surface area contributed by atoms with Gasteiger partial charge in [-0.15, -0.1) is 22.7 Å². The lowest BCUT2D eigenvalue weighted by Gasteiger charge is -2.30. The molecule has 0 unspecified atom stereocenters. The molecule has 0 aliphatic heterocycles. The summed E-state index contributed by atoms with van der Waals surface area (Å²) in [5.74, 6) is 0. The van der Waals surface area contributed by atoms with Gasteiger partial charge in [0, 0.05) is 52.5 Å². The van der Waals surface area contributed by atoms with Crippen LogP contribution in [0, 0.1) is 0 Å². The molecule has 3 heteroatoms. The van der Waals surface area contributed by atoms with Crippen LogP contribution < -0.4 is 4.90 Å². The van der Waals surface area contributed by atoms with Crippen molar-refractivity contribution in [3.63, 3.8) is 0 Å². The maximum atomic E-state index is 2.51. The molecule has 2 heterocycles. The van der Waals surface area contributed by atoms with Gasteiger partial charge < -0.3 is 4.90 Å². The Morgan fingerprint density at radius 3 is 1.67 bits per heavy atom. The van der Waals surface area contributed by atoms with Crippen molar-refractivity contribution in [2.75, 3.05) is 4.90 Å². The summed E-state index contributed by atoms with van der Waals surface area (Å²) in [5, 5.41) is 5.22. The van der Waals surface area contributed by atoms with Gasteiger partial charge in [0.25, 0.3) is 0 Å². The second-order valence-electron chi connectivity index (χ2n) is 12.8. The van der Waals surface area contributed by atoms with Crippen LogP contribution in [0.5, 0.6) is 0 Å². The number of anilines is 3. The van der Waals surface area contributed by atoms with Crippen LogP contribution in [0.1, 0.15) is 0 Å². The van der Waals surface area contributed by atoms with Crippen molar-refractivity contribution in [3.8, 4) is 33.4 Å². The van der Waals surface area contributed by atoms with Crippen LogP contribution in [0.4, 0.5) is 17.1 Å². The molecule has 0 amide bonds. The Kier molecular flexibility index (Phi) is 7.26. The monoisotopic (exact) mass is 685 g/mol.